The maximum absolute atomic E-state index is 13.8. The van der Waals surface area contributed by atoms with Crippen molar-refractivity contribution in [3.8, 4) is 0 Å². The molecule has 2 aromatic rings. The van der Waals surface area contributed by atoms with Crippen molar-refractivity contribution < 1.29 is 9.18 Å². The van der Waals surface area contributed by atoms with Crippen LogP contribution in [0.15, 0.2) is 52.2 Å². The lowest BCUT2D eigenvalue weighted by atomic mass is 10.0. The van der Waals surface area contributed by atoms with E-state index in [0.29, 0.717) is 22.5 Å². The molecule has 6 heteroatoms. The second-order valence-electron chi connectivity index (χ2n) is 4.23. The van der Waals surface area contributed by atoms with Crippen LogP contribution in [-0.4, -0.2) is 22.9 Å². The van der Waals surface area contributed by atoms with Gasteiger partial charge in [-0.1, -0.05) is 15.9 Å². The zero-order valence-electron chi connectivity index (χ0n) is 10.2. The number of amides is 1. The molecule has 1 amide bonds. The highest BCUT2D eigenvalue weighted by Gasteiger charge is 2.25. The van der Waals surface area contributed by atoms with Gasteiger partial charge in [0.1, 0.15) is 0 Å². The number of fused-ring (bicyclic) bond motifs is 1. The molecule has 4 nitrogen and oxygen atoms in total. The Balaban J connectivity index is 2.23. The minimum absolute atomic E-state index is 0.403. The van der Waals surface area contributed by atoms with Crippen LogP contribution in [0.25, 0.3) is 0 Å². The number of carbonyl (C=O) groups excluding carboxylic acids is 1. The number of alkyl halides is 1. The lowest BCUT2D eigenvalue weighted by Crippen LogP contribution is -2.21. The molecule has 100 valence electrons. The number of halogens is 2. The van der Waals surface area contributed by atoms with Gasteiger partial charge in [-0.15, -0.1) is 0 Å². The van der Waals surface area contributed by atoms with Crippen molar-refractivity contribution in [3.63, 3.8) is 0 Å². The van der Waals surface area contributed by atoms with Crippen molar-refractivity contribution in [1.29, 1.82) is 0 Å². The van der Waals surface area contributed by atoms with Crippen LogP contribution >= 0.6 is 15.9 Å². The number of nitrogens with zero attached hydrogens (tertiary/aromatic N) is 2. The largest absolute Gasteiger partial charge is 0.321 e. The van der Waals surface area contributed by atoms with Crippen molar-refractivity contribution in [2.24, 2.45) is 4.99 Å². The molecule has 0 saturated carbocycles. The number of carbonyl (C=O) groups is 1. The SMILES string of the molecule is O=C1Nc2ccc(Br)cc2C(c2cccnc2)=NC1F. The van der Waals surface area contributed by atoms with Gasteiger partial charge in [-0.3, -0.25) is 9.78 Å². The fourth-order valence-electron chi connectivity index (χ4n) is 1.99. The molecule has 1 N–H and O–H groups in total. The summed E-state index contributed by atoms with van der Waals surface area (Å²) in [5.74, 6) is -0.771. The number of hydrogen-bond donors (Lipinski definition) is 1. The van der Waals surface area contributed by atoms with Crippen LogP contribution in [0.1, 0.15) is 11.1 Å². The fourth-order valence-corrected chi connectivity index (χ4v) is 2.35. The van der Waals surface area contributed by atoms with Crippen LogP contribution in [-0.2, 0) is 4.79 Å². The Labute approximate surface area is 122 Å². The maximum Gasteiger partial charge on any atom is 0.281 e. The highest BCUT2D eigenvalue weighted by molar-refractivity contribution is 9.10. The molecule has 3 rings (SSSR count). The van der Waals surface area contributed by atoms with Crippen molar-refractivity contribution in [1.82, 2.24) is 4.98 Å². The third kappa shape index (κ3) is 2.34. The quantitative estimate of drug-likeness (QED) is 0.816. The summed E-state index contributed by atoms with van der Waals surface area (Å²) in [5, 5.41) is 2.53. The summed E-state index contributed by atoms with van der Waals surface area (Å²) in [7, 11) is 0. The minimum atomic E-state index is -1.93. The molecular weight excluding hydrogens is 325 g/mol. The summed E-state index contributed by atoms with van der Waals surface area (Å²) in [6, 6.07) is 8.79. The molecule has 20 heavy (non-hydrogen) atoms. The van der Waals surface area contributed by atoms with E-state index in [2.05, 4.69) is 31.2 Å². The molecule has 0 fully saturated rings. The molecular formula is C14H9BrFN3O. The molecule has 0 aliphatic carbocycles. The Morgan fingerprint density at radius 1 is 1.30 bits per heavy atom. The predicted octanol–water partition coefficient (Wildman–Crippen LogP) is 2.93. The van der Waals surface area contributed by atoms with Crippen molar-refractivity contribution >= 4 is 33.2 Å². The molecule has 1 aromatic heterocycles. The summed E-state index contributed by atoms with van der Waals surface area (Å²) >= 11 is 3.37. The number of anilines is 1. The predicted molar refractivity (Wildman–Crippen MR) is 77.5 cm³/mol. The van der Waals surface area contributed by atoms with Gasteiger partial charge in [0.2, 0.25) is 0 Å². The smallest absolute Gasteiger partial charge is 0.281 e. The number of pyridine rings is 1. The normalized spacial score (nSPS) is 17.8. The summed E-state index contributed by atoms with van der Waals surface area (Å²) in [6.07, 6.45) is 1.28. The first-order chi connectivity index (χ1) is 9.65. The van der Waals surface area contributed by atoms with Gasteiger partial charge in [0, 0.05) is 28.0 Å². The van der Waals surface area contributed by atoms with E-state index in [1.807, 2.05) is 0 Å². The van der Waals surface area contributed by atoms with Crippen molar-refractivity contribution in [2.75, 3.05) is 5.32 Å². The summed E-state index contributed by atoms with van der Waals surface area (Å²) in [4.78, 5) is 19.5. The van der Waals surface area contributed by atoms with Gasteiger partial charge < -0.3 is 5.32 Å². The molecule has 1 unspecified atom stereocenters. The molecule has 2 heterocycles. The second-order valence-corrected chi connectivity index (χ2v) is 5.15. The first-order valence-electron chi connectivity index (χ1n) is 5.88. The van der Waals surface area contributed by atoms with E-state index in [0.717, 1.165) is 4.47 Å². The molecule has 0 bridgehead atoms. The van der Waals surface area contributed by atoms with Gasteiger partial charge in [0.25, 0.3) is 12.2 Å². The van der Waals surface area contributed by atoms with Crippen LogP contribution in [0.2, 0.25) is 0 Å². The summed E-state index contributed by atoms with van der Waals surface area (Å²) in [6.45, 7) is 0. The molecule has 1 atom stereocenters. The molecule has 1 aliphatic heterocycles. The molecule has 0 spiro atoms. The number of benzene rings is 1. The Hall–Kier alpha value is -2.08. The van der Waals surface area contributed by atoms with Gasteiger partial charge in [-0.2, -0.15) is 0 Å². The second kappa shape index (κ2) is 5.13. The number of hydrogen-bond acceptors (Lipinski definition) is 3. The lowest BCUT2D eigenvalue weighted by Gasteiger charge is -2.09. The van der Waals surface area contributed by atoms with Gasteiger partial charge in [-0.05, 0) is 30.3 Å². The van der Waals surface area contributed by atoms with E-state index < -0.39 is 12.2 Å². The monoisotopic (exact) mass is 333 g/mol. The van der Waals surface area contributed by atoms with Crippen LogP contribution in [0.4, 0.5) is 10.1 Å². The summed E-state index contributed by atoms with van der Waals surface area (Å²) in [5.41, 5.74) is 2.24. The van der Waals surface area contributed by atoms with E-state index in [9.17, 15) is 9.18 Å². The van der Waals surface area contributed by atoms with Gasteiger partial charge in [0.15, 0.2) is 0 Å². The highest BCUT2D eigenvalue weighted by Crippen LogP contribution is 2.27. The Morgan fingerprint density at radius 2 is 2.15 bits per heavy atom. The van der Waals surface area contributed by atoms with E-state index in [-0.39, 0.29) is 0 Å². The molecule has 0 saturated heterocycles. The van der Waals surface area contributed by atoms with Crippen LogP contribution < -0.4 is 5.32 Å². The topological polar surface area (TPSA) is 54.4 Å². The van der Waals surface area contributed by atoms with Crippen molar-refractivity contribution in [2.45, 2.75) is 6.30 Å². The third-order valence-electron chi connectivity index (χ3n) is 2.89. The number of aliphatic imine (C=N–C) groups is 1. The van der Waals surface area contributed by atoms with Gasteiger partial charge in [-0.25, -0.2) is 9.38 Å². The number of rotatable bonds is 1. The zero-order chi connectivity index (χ0) is 14.1. The van der Waals surface area contributed by atoms with E-state index in [1.54, 1.807) is 42.7 Å². The Morgan fingerprint density at radius 3 is 2.90 bits per heavy atom. The number of aromatic nitrogens is 1. The molecule has 1 aliphatic rings. The Bertz CT molecular complexity index is 703. The van der Waals surface area contributed by atoms with E-state index >= 15 is 0 Å². The zero-order valence-corrected chi connectivity index (χ0v) is 11.8. The standard InChI is InChI=1S/C14H9BrFN3O/c15-9-3-4-11-10(6-9)12(8-2-1-5-17-7-8)19-13(16)14(20)18-11/h1-7,13H,(H,18,20). The van der Waals surface area contributed by atoms with Gasteiger partial charge in [0.05, 0.1) is 11.4 Å². The molecule has 0 radical (unpaired) electrons. The number of nitrogens with one attached hydrogen (secondary N) is 1. The van der Waals surface area contributed by atoms with Crippen molar-refractivity contribution in [3.05, 3.63) is 58.3 Å². The lowest BCUT2D eigenvalue weighted by molar-refractivity contribution is -0.120. The Kier molecular flexibility index (Phi) is 3.31. The fraction of sp³-hybridized carbons (Fsp3) is 0.0714. The minimum Gasteiger partial charge on any atom is -0.321 e. The summed E-state index contributed by atoms with van der Waals surface area (Å²) < 4.78 is 14.6. The van der Waals surface area contributed by atoms with Crippen LogP contribution in [0, 0.1) is 0 Å². The average Bonchev–Trinajstić information content (AvgIpc) is 2.58. The van der Waals surface area contributed by atoms with Crippen LogP contribution in [0.3, 0.4) is 0 Å². The van der Waals surface area contributed by atoms with Crippen LogP contribution in [0.5, 0.6) is 0 Å². The average molecular weight is 334 g/mol. The maximum atomic E-state index is 13.8. The first kappa shape index (κ1) is 12.9. The first-order valence-corrected chi connectivity index (χ1v) is 6.67. The highest BCUT2D eigenvalue weighted by atomic mass is 79.9. The number of benzodiazepines with no additional fused rings is 1. The van der Waals surface area contributed by atoms with E-state index in [4.69, 9.17) is 0 Å². The van der Waals surface area contributed by atoms with E-state index in [1.165, 1.54) is 0 Å². The molecule has 1 aromatic carbocycles. The third-order valence-corrected chi connectivity index (χ3v) is 3.38. The van der Waals surface area contributed by atoms with Gasteiger partial charge >= 0.3 is 0 Å².